The molecule has 2 aromatic rings. The first kappa shape index (κ1) is 10.7. The van der Waals surface area contributed by atoms with Gasteiger partial charge in [0.2, 0.25) is 0 Å². The zero-order chi connectivity index (χ0) is 11.7. The van der Waals surface area contributed by atoms with E-state index in [1.54, 1.807) is 24.3 Å². The molecule has 5 heteroatoms. The van der Waals surface area contributed by atoms with E-state index in [1.807, 2.05) is 0 Å². The molecule has 0 spiro atoms. The lowest BCUT2D eigenvalue weighted by Gasteiger charge is -2.06. The van der Waals surface area contributed by atoms with E-state index in [1.165, 1.54) is 0 Å². The number of carboxylic acids is 1. The van der Waals surface area contributed by atoms with E-state index in [-0.39, 0.29) is 11.4 Å². The van der Waals surface area contributed by atoms with Crippen LogP contribution in [0.1, 0.15) is 15.9 Å². The Labute approximate surface area is 95.5 Å². The Morgan fingerprint density at radius 1 is 1.38 bits per heavy atom. The second kappa shape index (κ2) is 3.98. The molecule has 0 saturated heterocycles. The Balaban J connectivity index is 2.96. The van der Waals surface area contributed by atoms with E-state index < -0.39 is 11.5 Å². The summed E-state index contributed by atoms with van der Waals surface area (Å²) >= 11 is 5.71. The number of rotatable bonds is 2. The van der Waals surface area contributed by atoms with Gasteiger partial charge >= 0.3 is 5.97 Å². The molecular weight excluding hydrogens is 230 g/mol. The molecule has 1 heterocycles. The molecule has 0 amide bonds. The van der Waals surface area contributed by atoms with Gasteiger partial charge in [-0.15, -0.1) is 11.6 Å². The average Bonchev–Trinajstić information content (AvgIpc) is 2.26. The van der Waals surface area contributed by atoms with E-state index >= 15 is 0 Å². The highest BCUT2D eigenvalue weighted by Gasteiger charge is 2.17. The van der Waals surface area contributed by atoms with Gasteiger partial charge in [0.05, 0.1) is 0 Å². The van der Waals surface area contributed by atoms with Gasteiger partial charge in [-0.05, 0) is 11.6 Å². The van der Waals surface area contributed by atoms with Crippen LogP contribution in [0, 0.1) is 0 Å². The van der Waals surface area contributed by atoms with Crippen molar-refractivity contribution in [2.75, 3.05) is 0 Å². The second-order valence-corrected chi connectivity index (χ2v) is 3.56. The minimum absolute atomic E-state index is 0.00787. The number of H-pyrrole nitrogens is 1. The van der Waals surface area contributed by atoms with Crippen molar-refractivity contribution >= 4 is 28.5 Å². The number of hydrogen-bond acceptors (Lipinski definition) is 2. The van der Waals surface area contributed by atoms with Crippen molar-refractivity contribution in [2.45, 2.75) is 5.88 Å². The van der Waals surface area contributed by atoms with Gasteiger partial charge in [-0.1, -0.05) is 18.2 Å². The minimum Gasteiger partial charge on any atom is -0.477 e. The number of aromatic amines is 1. The maximum atomic E-state index is 11.6. The molecule has 4 nitrogen and oxygen atoms in total. The van der Waals surface area contributed by atoms with Gasteiger partial charge in [0.1, 0.15) is 5.56 Å². The highest BCUT2D eigenvalue weighted by molar-refractivity contribution is 6.18. The fraction of sp³-hybridized carbons (Fsp3) is 0.0909. The molecular formula is C11H8ClNO3. The lowest BCUT2D eigenvalue weighted by molar-refractivity contribution is 0.0694. The first-order valence-corrected chi connectivity index (χ1v) is 5.11. The maximum Gasteiger partial charge on any atom is 0.341 e. The van der Waals surface area contributed by atoms with Gasteiger partial charge < -0.3 is 10.1 Å². The molecule has 2 N–H and O–H groups in total. The number of aromatic nitrogens is 1. The number of aromatic carboxylic acids is 1. The van der Waals surface area contributed by atoms with Gasteiger partial charge in [0, 0.05) is 16.8 Å². The lowest BCUT2D eigenvalue weighted by atomic mass is 10.1. The summed E-state index contributed by atoms with van der Waals surface area (Å²) in [5, 5.41) is 9.62. The summed E-state index contributed by atoms with van der Waals surface area (Å²) in [7, 11) is 0. The van der Waals surface area contributed by atoms with Crippen LogP contribution in [0.5, 0.6) is 0 Å². The molecule has 0 aliphatic heterocycles. The highest BCUT2D eigenvalue weighted by atomic mass is 35.5. The number of alkyl halides is 1. The van der Waals surface area contributed by atoms with Crippen LogP contribution in [-0.2, 0) is 5.88 Å². The predicted molar refractivity (Wildman–Crippen MR) is 61.1 cm³/mol. The van der Waals surface area contributed by atoms with Crippen LogP contribution in [0.15, 0.2) is 29.1 Å². The van der Waals surface area contributed by atoms with Crippen LogP contribution in [0.4, 0.5) is 0 Å². The molecule has 0 aliphatic rings. The van der Waals surface area contributed by atoms with Crippen molar-refractivity contribution < 1.29 is 9.90 Å². The van der Waals surface area contributed by atoms with Crippen molar-refractivity contribution in [3.63, 3.8) is 0 Å². The number of nitrogens with one attached hydrogen (secondary N) is 1. The molecule has 0 bridgehead atoms. The van der Waals surface area contributed by atoms with E-state index in [2.05, 4.69) is 4.98 Å². The monoisotopic (exact) mass is 237 g/mol. The Bertz CT molecular complexity index is 618. The van der Waals surface area contributed by atoms with Crippen LogP contribution >= 0.6 is 11.6 Å². The standard InChI is InChI=1S/C11H8ClNO3/c12-5-7-6-3-1-2-4-8(6)13-10(14)9(7)11(15)16/h1-4H,5H2,(H,13,14)(H,15,16). The number of para-hydroxylation sites is 1. The summed E-state index contributed by atoms with van der Waals surface area (Å²) in [5.74, 6) is -1.27. The third kappa shape index (κ3) is 1.57. The molecule has 0 unspecified atom stereocenters. The fourth-order valence-corrected chi connectivity index (χ4v) is 1.95. The Morgan fingerprint density at radius 2 is 2.06 bits per heavy atom. The number of halogens is 1. The van der Waals surface area contributed by atoms with Crippen LogP contribution < -0.4 is 5.56 Å². The Kier molecular flexibility index (Phi) is 2.66. The summed E-state index contributed by atoms with van der Waals surface area (Å²) in [6, 6.07) is 6.97. The van der Waals surface area contributed by atoms with Crippen molar-refractivity contribution in [2.24, 2.45) is 0 Å². The second-order valence-electron chi connectivity index (χ2n) is 3.29. The Hall–Kier alpha value is -1.81. The number of fused-ring (bicyclic) bond motifs is 1. The quantitative estimate of drug-likeness (QED) is 0.785. The molecule has 0 saturated carbocycles. The van der Waals surface area contributed by atoms with Gasteiger partial charge in [-0.25, -0.2) is 4.79 Å². The molecule has 2 rings (SSSR count). The lowest BCUT2D eigenvalue weighted by Crippen LogP contribution is -2.20. The van der Waals surface area contributed by atoms with Gasteiger partial charge in [0.25, 0.3) is 5.56 Å². The summed E-state index contributed by atoms with van der Waals surface area (Å²) < 4.78 is 0. The van der Waals surface area contributed by atoms with E-state index in [4.69, 9.17) is 16.7 Å². The Morgan fingerprint density at radius 3 is 2.69 bits per heavy atom. The van der Waals surface area contributed by atoms with E-state index in [0.29, 0.717) is 16.5 Å². The van der Waals surface area contributed by atoms with Gasteiger partial charge in [-0.2, -0.15) is 0 Å². The predicted octanol–water partition coefficient (Wildman–Crippen LogP) is 1.97. The summed E-state index contributed by atoms with van der Waals surface area (Å²) in [6.07, 6.45) is 0. The topological polar surface area (TPSA) is 70.2 Å². The van der Waals surface area contributed by atoms with Crippen LogP contribution in [0.2, 0.25) is 0 Å². The fourth-order valence-electron chi connectivity index (χ4n) is 1.68. The zero-order valence-electron chi connectivity index (χ0n) is 8.16. The van der Waals surface area contributed by atoms with Crippen molar-refractivity contribution in [3.05, 3.63) is 45.7 Å². The third-order valence-corrected chi connectivity index (χ3v) is 2.64. The van der Waals surface area contributed by atoms with Gasteiger partial charge in [0.15, 0.2) is 0 Å². The summed E-state index contributed by atoms with van der Waals surface area (Å²) in [4.78, 5) is 25.0. The highest BCUT2D eigenvalue weighted by Crippen LogP contribution is 2.19. The minimum atomic E-state index is -1.26. The number of carboxylic acid groups (broad SMARTS) is 1. The van der Waals surface area contributed by atoms with Crippen LogP contribution in [0.3, 0.4) is 0 Å². The third-order valence-electron chi connectivity index (χ3n) is 2.38. The number of hydrogen-bond donors (Lipinski definition) is 2. The van der Waals surface area contributed by atoms with Crippen LogP contribution in [0.25, 0.3) is 10.9 Å². The van der Waals surface area contributed by atoms with Crippen molar-refractivity contribution in [1.29, 1.82) is 0 Å². The molecule has 1 aromatic carbocycles. The summed E-state index contributed by atoms with van der Waals surface area (Å²) in [6.45, 7) is 0. The maximum absolute atomic E-state index is 11.6. The first-order chi connectivity index (χ1) is 7.65. The summed E-state index contributed by atoms with van der Waals surface area (Å²) in [5.41, 5.74) is 0.0391. The molecule has 0 radical (unpaired) electrons. The average molecular weight is 238 g/mol. The molecule has 82 valence electrons. The number of carbonyl (C=O) groups is 1. The molecule has 0 fully saturated rings. The van der Waals surface area contributed by atoms with E-state index in [0.717, 1.165) is 0 Å². The molecule has 16 heavy (non-hydrogen) atoms. The number of pyridine rings is 1. The molecule has 0 atom stereocenters. The normalized spacial score (nSPS) is 10.6. The van der Waals surface area contributed by atoms with Crippen molar-refractivity contribution in [1.82, 2.24) is 4.98 Å². The van der Waals surface area contributed by atoms with Gasteiger partial charge in [-0.3, -0.25) is 4.79 Å². The van der Waals surface area contributed by atoms with E-state index in [9.17, 15) is 9.59 Å². The smallest absolute Gasteiger partial charge is 0.341 e. The van der Waals surface area contributed by atoms with Crippen molar-refractivity contribution in [3.8, 4) is 0 Å². The molecule has 0 aliphatic carbocycles. The molecule has 1 aromatic heterocycles. The largest absolute Gasteiger partial charge is 0.477 e. The SMILES string of the molecule is O=C(O)c1c(CCl)c2ccccc2[nH]c1=O. The number of benzene rings is 1. The first-order valence-electron chi connectivity index (χ1n) is 4.58. The zero-order valence-corrected chi connectivity index (χ0v) is 8.91. The van der Waals surface area contributed by atoms with Crippen LogP contribution in [-0.4, -0.2) is 16.1 Å².